The van der Waals surface area contributed by atoms with Gasteiger partial charge in [0.2, 0.25) is 0 Å². The van der Waals surface area contributed by atoms with Gasteiger partial charge < -0.3 is 10.2 Å². The summed E-state index contributed by atoms with van der Waals surface area (Å²) >= 11 is 0. The lowest BCUT2D eigenvalue weighted by Crippen LogP contribution is -2.41. The maximum atomic E-state index is 3.67. The summed E-state index contributed by atoms with van der Waals surface area (Å²) in [5.74, 6) is 0.993. The fourth-order valence-corrected chi connectivity index (χ4v) is 3.24. The maximum Gasteiger partial charge on any atom is 0.00967 e. The van der Waals surface area contributed by atoms with E-state index in [0.29, 0.717) is 0 Å². The Bertz CT molecular complexity index is 186. The minimum atomic E-state index is 0.872. The summed E-state index contributed by atoms with van der Waals surface area (Å²) in [5, 5.41) is 3.67. The summed E-state index contributed by atoms with van der Waals surface area (Å²) < 4.78 is 0. The minimum absolute atomic E-state index is 0.872. The van der Waals surface area contributed by atoms with E-state index < -0.39 is 0 Å². The highest BCUT2D eigenvalue weighted by Gasteiger charge is 2.34. The number of hydrogen-bond acceptors (Lipinski definition) is 2. The molecule has 0 aromatic rings. The molecule has 2 nitrogen and oxygen atoms in total. The molecule has 1 unspecified atom stereocenters. The number of rotatable bonds is 2. The fourth-order valence-electron chi connectivity index (χ4n) is 3.24. The summed E-state index contributed by atoms with van der Waals surface area (Å²) in [6.45, 7) is 4.04. The van der Waals surface area contributed by atoms with Gasteiger partial charge in [-0.2, -0.15) is 0 Å². The molecule has 3 fully saturated rings. The van der Waals surface area contributed by atoms with Gasteiger partial charge in [0.05, 0.1) is 0 Å². The summed E-state index contributed by atoms with van der Waals surface area (Å²) in [6, 6.07) is 1.86. The third-order valence-corrected chi connectivity index (χ3v) is 4.30. The van der Waals surface area contributed by atoms with Crippen molar-refractivity contribution in [2.24, 2.45) is 5.92 Å². The van der Waals surface area contributed by atoms with E-state index in [1.807, 2.05) is 0 Å². The van der Waals surface area contributed by atoms with E-state index in [1.165, 1.54) is 58.2 Å². The molecular weight excluding hydrogens is 172 g/mol. The normalized spacial score (nSPS) is 36.4. The highest BCUT2D eigenvalue weighted by Crippen LogP contribution is 2.32. The van der Waals surface area contributed by atoms with Crippen molar-refractivity contribution < 1.29 is 0 Å². The van der Waals surface area contributed by atoms with E-state index in [1.54, 1.807) is 0 Å². The SMILES string of the molecule is C1CNC(C2CCN(C3CC3)CC2)C1. The standard InChI is InChI=1S/C12H22N2/c1-2-12(13-7-1)10-5-8-14(9-6-10)11-3-4-11/h10-13H,1-9H2. The maximum absolute atomic E-state index is 3.67. The molecule has 1 saturated carbocycles. The number of likely N-dealkylation sites (tertiary alicyclic amines) is 1. The largest absolute Gasteiger partial charge is 0.314 e. The van der Waals surface area contributed by atoms with Crippen molar-refractivity contribution in [2.75, 3.05) is 19.6 Å². The summed E-state index contributed by atoms with van der Waals surface area (Å²) in [6.07, 6.45) is 8.71. The molecule has 0 radical (unpaired) electrons. The van der Waals surface area contributed by atoms with E-state index >= 15 is 0 Å². The Balaban J connectivity index is 1.49. The van der Waals surface area contributed by atoms with Crippen LogP contribution in [0.2, 0.25) is 0 Å². The number of piperidine rings is 1. The van der Waals surface area contributed by atoms with Crippen LogP contribution in [-0.2, 0) is 0 Å². The van der Waals surface area contributed by atoms with Crippen molar-refractivity contribution in [2.45, 2.75) is 50.6 Å². The van der Waals surface area contributed by atoms with Crippen LogP contribution < -0.4 is 5.32 Å². The van der Waals surface area contributed by atoms with Gasteiger partial charge in [-0.1, -0.05) is 0 Å². The second kappa shape index (κ2) is 3.82. The first-order valence-corrected chi connectivity index (χ1v) is 6.41. The average Bonchev–Trinajstić information content (AvgIpc) is 2.94. The molecule has 14 heavy (non-hydrogen) atoms. The van der Waals surface area contributed by atoms with Crippen LogP contribution in [0.25, 0.3) is 0 Å². The van der Waals surface area contributed by atoms with Gasteiger partial charge in [-0.15, -0.1) is 0 Å². The van der Waals surface area contributed by atoms with Crippen molar-refractivity contribution in [1.29, 1.82) is 0 Å². The summed E-state index contributed by atoms with van der Waals surface area (Å²) in [4.78, 5) is 2.73. The second-order valence-corrected chi connectivity index (χ2v) is 5.31. The molecule has 2 aliphatic heterocycles. The zero-order chi connectivity index (χ0) is 9.38. The van der Waals surface area contributed by atoms with E-state index in [0.717, 1.165) is 18.0 Å². The van der Waals surface area contributed by atoms with Gasteiger partial charge in [0.15, 0.2) is 0 Å². The molecule has 3 rings (SSSR count). The molecule has 2 heteroatoms. The van der Waals surface area contributed by atoms with Crippen LogP contribution in [0, 0.1) is 5.92 Å². The quantitative estimate of drug-likeness (QED) is 0.718. The van der Waals surface area contributed by atoms with Crippen LogP contribution >= 0.6 is 0 Å². The Hall–Kier alpha value is -0.0800. The van der Waals surface area contributed by atoms with Crippen LogP contribution in [0.1, 0.15) is 38.5 Å². The van der Waals surface area contributed by atoms with Crippen LogP contribution in [0.5, 0.6) is 0 Å². The number of nitrogens with one attached hydrogen (secondary N) is 1. The molecule has 3 aliphatic rings. The molecule has 0 amide bonds. The summed E-state index contributed by atoms with van der Waals surface area (Å²) in [7, 11) is 0. The van der Waals surface area contributed by atoms with Crippen molar-refractivity contribution >= 4 is 0 Å². The Morgan fingerprint density at radius 2 is 1.71 bits per heavy atom. The summed E-state index contributed by atoms with van der Waals surface area (Å²) in [5.41, 5.74) is 0. The van der Waals surface area contributed by atoms with Crippen molar-refractivity contribution in [3.63, 3.8) is 0 Å². The Kier molecular flexibility index (Phi) is 2.50. The molecule has 1 atom stereocenters. The van der Waals surface area contributed by atoms with E-state index in [9.17, 15) is 0 Å². The van der Waals surface area contributed by atoms with Crippen LogP contribution in [0.4, 0.5) is 0 Å². The molecule has 0 aromatic carbocycles. The lowest BCUT2D eigenvalue weighted by Gasteiger charge is -2.34. The first-order valence-electron chi connectivity index (χ1n) is 6.41. The van der Waals surface area contributed by atoms with Gasteiger partial charge in [0, 0.05) is 12.1 Å². The monoisotopic (exact) mass is 194 g/mol. The topological polar surface area (TPSA) is 15.3 Å². The number of hydrogen-bond donors (Lipinski definition) is 1. The number of nitrogens with zero attached hydrogens (tertiary/aromatic N) is 1. The van der Waals surface area contributed by atoms with E-state index in [2.05, 4.69) is 10.2 Å². The zero-order valence-electron chi connectivity index (χ0n) is 9.04. The molecule has 0 aromatic heterocycles. The molecule has 0 bridgehead atoms. The Morgan fingerprint density at radius 3 is 2.29 bits per heavy atom. The minimum Gasteiger partial charge on any atom is -0.314 e. The van der Waals surface area contributed by atoms with Gasteiger partial charge in [0.1, 0.15) is 0 Å². The van der Waals surface area contributed by atoms with E-state index in [4.69, 9.17) is 0 Å². The molecule has 0 spiro atoms. The van der Waals surface area contributed by atoms with Crippen LogP contribution in [0.3, 0.4) is 0 Å². The van der Waals surface area contributed by atoms with Gasteiger partial charge in [-0.3, -0.25) is 0 Å². The molecule has 2 heterocycles. The van der Waals surface area contributed by atoms with Crippen molar-refractivity contribution in [1.82, 2.24) is 10.2 Å². The van der Waals surface area contributed by atoms with Crippen LogP contribution in [-0.4, -0.2) is 36.6 Å². The van der Waals surface area contributed by atoms with Gasteiger partial charge >= 0.3 is 0 Å². The van der Waals surface area contributed by atoms with Gasteiger partial charge in [-0.05, 0) is 64.1 Å². The highest BCUT2D eigenvalue weighted by atomic mass is 15.2. The lowest BCUT2D eigenvalue weighted by molar-refractivity contribution is 0.156. The van der Waals surface area contributed by atoms with Gasteiger partial charge in [0.25, 0.3) is 0 Å². The Morgan fingerprint density at radius 1 is 0.929 bits per heavy atom. The van der Waals surface area contributed by atoms with Crippen LogP contribution in [0.15, 0.2) is 0 Å². The molecular formula is C12H22N2. The third-order valence-electron chi connectivity index (χ3n) is 4.30. The second-order valence-electron chi connectivity index (χ2n) is 5.31. The van der Waals surface area contributed by atoms with E-state index in [-0.39, 0.29) is 0 Å². The Labute approximate surface area is 87.0 Å². The molecule has 80 valence electrons. The first kappa shape index (κ1) is 9.17. The molecule has 1 N–H and O–H groups in total. The molecule has 1 aliphatic carbocycles. The predicted molar refractivity (Wildman–Crippen MR) is 58.3 cm³/mol. The average molecular weight is 194 g/mol. The van der Waals surface area contributed by atoms with Crippen molar-refractivity contribution in [3.05, 3.63) is 0 Å². The zero-order valence-corrected chi connectivity index (χ0v) is 9.04. The predicted octanol–water partition coefficient (Wildman–Crippen LogP) is 1.61. The highest BCUT2D eigenvalue weighted by molar-refractivity contribution is 4.90. The fraction of sp³-hybridized carbons (Fsp3) is 1.00. The third kappa shape index (κ3) is 1.82. The van der Waals surface area contributed by atoms with Crippen molar-refractivity contribution in [3.8, 4) is 0 Å². The molecule has 2 saturated heterocycles. The lowest BCUT2D eigenvalue weighted by atomic mass is 9.88. The smallest absolute Gasteiger partial charge is 0.00967 e. The first-order chi connectivity index (χ1) is 6.93. The van der Waals surface area contributed by atoms with Gasteiger partial charge in [-0.25, -0.2) is 0 Å².